The molecule has 3 unspecified atom stereocenters. The summed E-state index contributed by atoms with van der Waals surface area (Å²) in [6, 6.07) is 8.31. The topological polar surface area (TPSA) is 68.1 Å². The Bertz CT molecular complexity index is 1350. The number of benzene rings is 2. The quantitative estimate of drug-likeness (QED) is 0.554. The van der Waals surface area contributed by atoms with Gasteiger partial charge >= 0.3 is 5.97 Å². The van der Waals surface area contributed by atoms with Crippen molar-refractivity contribution in [2.75, 3.05) is 6.61 Å². The monoisotopic (exact) mass is 471 g/mol. The number of aliphatic carboxylic acids is 1. The molecule has 3 atom stereocenters. The Hall–Kier alpha value is -3.18. The minimum atomic E-state index is -1.12. The largest absolute Gasteiger partial charge is 0.497 e. The van der Waals surface area contributed by atoms with E-state index < -0.39 is 23.2 Å². The normalized spacial score (nSPS) is 24.2. The Labute approximate surface area is 206 Å². The SMILES string of the molecule is Cc1cc2c(C)cccc2c(C2=CC=C3OCCC4=CC=NC2(C)C43)c1C(OC(C)(C)C)C(=O)O. The third kappa shape index (κ3) is 3.82. The van der Waals surface area contributed by atoms with E-state index >= 15 is 0 Å². The van der Waals surface area contributed by atoms with Gasteiger partial charge in [-0.15, -0.1) is 0 Å². The van der Waals surface area contributed by atoms with Gasteiger partial charge in [0.1, 0.15) is 5.76 Å². The first-order chi connectivity index (χ1) is 16.5. The average Bonchev–Trinajstić information content (AvgIpc) is 2.77. The van der Waals surface area contributed by atoms with E-state index in [-0.39, 0.29) is 5.92 Å². The molecule has 5 heteroatoms. The van der Waals surface area contributed by atoms with Crippen LogP contribution in [0.1, 0.15) is 62.5 Å². The van der Waals surface area contributed by atoms with Crippen LogP contribution in [0.25, 0.3) is 16.3 Å². The lowest BCUT2D eigenvalue weighted by atomic mass is 9.66. The molecule has 1 N–H and O–H groups in total. The van der Waals surface area contributed by atoms with Gasteiger partial charge in [0.25, 0.3) is 0 Å². The Balaban J connectivity index is 1.86. The summed E-state index contributed by atoms with van der Waals surface area (Å²) in [5.74, 6) is -0.0647. The zero-order valence-electron chi connectivity index (χ0n) is 21.3. The number of rotatable bonds is 4. The van der Waals surface area contributed by atoms with Crippen LogP contribution in [0.2, 0.25) is 0 Å². The third-order valence-corrected chi connectivity index (χ3v) is 7.34. The second-order valence-electron chi connectivity index (χ2n) is 10.9. The minimum Gasteiger partial charge on any atom is -0.497 e. The first-order valence-electron chi connectivity index (χ1n) is 12.2. The molecule has 0 bridgehead atoms. The van der Waals surface area contributed by atoms with E-state index in [1.807, 2.05) is 46.1 Å². The van der Waals surface area contributed by atoms with Crippen LogP contribution in [0, 0.1) is 19.8 Å². The molecule has 0 saturated carbocycles. The van der Waals surface area contributed by atoms with Crippen LogP contribution in [0.4, 0.5) is 0 Å². The van der Waals surface area contributed by atoms with Crippen molar-refractivity contribution >= 4 is 28.5 Å². The standard InChI is InChI=1S/C30H33NO4/c1-17-8-7-9-20-21(17)16-18(2)24(27(28(32)33)35-29(3,4)5)25(20)22-10-11-23-26-19(13-15-34-23)12-14-31-30(22,26)6/h7-12,14,16,26-27H,13,15H2,1-6H3,(H,32,33). The Morgan fingerprint density at radius 2 is 1.94 bits per heavy atom. The maximum absolute atomic E-state index is 12.7. The number of carbonyl (C=O) groups is 1. The zero-order chi connectivity index (χ0) is 25.1. The summed E-state index contributed by atoms with van der Waals surface area (Å²) >= 11 is 0. The molecular weight excluding hydrogens is 438 g/mol. The maximum Gasteiger partial charge on any atom is 0.337 e. The number of aryl methyl sites for hydroxylation is 2. The molecular formula is C30H33NO4. The van der Waals surface area contributed by atoms with E-state index in [4.69, 9.17) is 14.5 Å². The van der Waals surface area contributed by atoms with E-state index in [0.29, 0.717) is 12.2 Å². The van der Waals surface area contributed by atoms with E-state index in [1.54, 1.807) is 0 Å². The number of hydrogen-bond acceptors (Lipinski definition) is 4. The van der Waals surface area contributed by atoms with Crippen molar-refractivity contribution in [2.24, 2.45) is 10.9 Å². The number of allylic oxidation sites excluding steroid dienone is 3. The molecule has 1 aliphatic carbocycles. The van der Waals surface area contributed by atoms with Crippen molar-refractivity contribution in [3.8, 4) is 0 Å². The minimum absolute atomic E-state index is 0.00119. The van der Waals surface area contributed by atoms with Gasteiger partial charge in [-0.2, -0.15) is 0 Å². The lowest BCUT2D eigenvalue weighted by Crippen LogP contribution is -2.43. The van der Waals surface area contributed by atoms with Gasteiger partial charge in [0.2, 0.25) is 0 Å². The van der Waals surface area contributed by atoms with Gasteiger partial charge in [0.05, 0.1) is 23.7 Å². The van der Waals surface area contributed by atoms with E-state index in [0.717, 1.165) is 45.2 Å². The molecule has 1 saturated heterocycles. The van der Waals surface area contributed by atoms with Crippen molar-refractivity contribution in [1.82, 2.24) is 0 Å². The summed E-state index contributed by atoms with van der Waals surface area (Å²) in [5, 5.41) is 12.5. The lowest BCUT2D eigenvalue weighted by molar-refractivity contribution is -0.160. The Morgan fingerprint density at radius 3 is 2.66 bits per heavy atom. The fraction of sp³-hybridized carbons (Fsp3) is 0.400. The van der Waals surface area contributed by atoms with E-state index in [2.05, 4.69) is 44.2 Å². The van der Waals surface area contributed by atoms with Gasteiger partial charge in [-0.05, 0) is 86.7 Å². The number of hydrogen-bond donors (Lipinski definition) is 1. The molecule has 182 valence electrons. The van der Waals surface area contributed by atoms with Crippen LogP contribution in [-0.4, -0.2) is 35.0 Å². The highest BCUT2D eigenvalue weighted by molar-refractivity contribution is 6.02. The molecule has 0 amide bonds. The molecule has 0 aromatic heterocycles. The zero-order valence-corrected chi connectivity index (χ0v) is 21.3. The predicted octanol–water partition coefficient (Wildman–Crippen LogP) is 6.48. The van der Waals surface area contributed by atoms with Gasteiger partial charge in [-0.25, -0.2) is 4.79 Å². The van der Waals surface area contributed by atoms with Crippen molar-refractivity contribution < 1.29 is 19.4 Å². The Morgan fingerprint density at radius 1 is 1.17 bits per heavy atom. The summed E-state index contributed by atoms with van der Waals surface area (Å²) in [5.41, 5.74) is 4.69. The lowest BCUT2D eigenvalue weighted by Gasteiger charge is -2.45. The second kappa shape index (κ2) is 8.20. The molecule has 2 aromatic rings. The third-order valence-electron chi connectivity index (χ3n) is 7.34. The van der Waals surface area contributed by atoms with Crippen molar-refractivity contribution in [3.05, 3.63) is 76.1 Å². The van der Waals surface area contributed by atoms with Crippen LogP contribution >= 0.6 is 0 Å². The molecule has 2 heterocycles. The predicted molar refractivity (Wildman–Crippen MR) is 140 cm³/mol. The molecule has 5 nitrogen and oxygen atoms in total. The molecule has 35 heavy (non-hydrogen) atoms. The molecule has 2 aliphatic heterocycles. The molecule has 0 spiro atoms. The van der Waals surface area contributed by atoms with Crippen molar-refractivity contribution in [1.29, 1.82) is 0 Å². The number of nitrogens with zero attached hydrogens (tertiary/aromatic N) is 1. The van der Waals surface area contributed by atoms with Gasteiger partial charge < -0.3 is 14.6 Å². The van der Waals surface area contributed by atoms with Crippen molar-refractivity contribution in [3.63, 3.8) is 0 Å². The fourth-order valence-electron chi connectivity index (χ4n) is 5.86. The molecule has 3 aliphatic rings. The number of aliphatic imine (C=N–C) groups is 1. The van der Waals surface area contributed by atoms with Gasteiger partial charge in [-0.1, -0.05) is 35.9 Å². The second-order valence-corrected chi connectivity index (χ2v) is 10.9. The maximum atomic E-state index is 12.7. The number of ether oxygens (including phenoxy) is 2. The summed E-state index contributed by atoms with van der Waals surface area (Å²) in [6.07, 6.45) is 7.87. The molecule has 1 fully saturated rings. The highest BCUT2D eigenvalue weighted by Gasteiger charge is 2.48. The highest BCUT2D eigenvalue weighted by Crippen LogP contribution is 2.53. The number of fused-ring (bicyclic) bond motifs is 1. The van der Waals surface area contributed by atoms with Crippen LogP contribution < -0.4 is 0 Å². The summed E-state index contributed by atoms with van der Waals surface area (Å²) in [7, 11) is 0. The van der Waals surface area contributed by atoms with Crippen LogP contribution in [0.5, 0.6) is 0 Å². The van der Waals surface area contributed by atoms with Crippen LogP contribution in [-0.2, 0) is 14.3 Å². The number of carboxylic acids is 1. The van der Waals surface area contributed by atoms with Crippen LogP contribution in [0.15, 0.2) is 58.8 Å². The van der Waals surface area contributed by atoms with Gasteiger partial charge in [0.15, 0.2) is 6.10 Å². The van der Waals surface area contributed by atoms with Crippen molar-refractivity contribution in [2.45, 2.75) is 65.2 Å². The highest BCUT2D eigenvalue weighted by atomic mass is 16.5. The summed E-state index contributed by atoms with van der Waals surface area (Å²) < 4.78 is 12.3. The number of dihydropyridines is 1. The first-order valence-corrected chi connectivity index (χ1v) is 12.2. The van der Waals surface area contributed by atoms with Gasteiger partial charge in [0, 0.05) is 18.2 Å². The van der Waals surface area contributed by atoms with Gasteiger partial charge in [-0.3, -0.25) is 4.99 Å². The first kappa shape index (κ1) is 23.6. The average molecular weight is 472 g/mol. The molecule has 5 rings (SSSR count). The molecule has 0 radical (unpaired) electrons. The van der Waals surface area contributed by atoms with E-state index in [9.17, 15) is 9.90 Å². The Kier molecular flexibility index (Phi) is 5.52. The van der Waals surface area contributed by atoms with Crippen LogP contribution in [0.3, 0.4) is 0 Å². The fourth-order valence-corrected chi connectivity index (χ4v) is 5.86. The summed E-state index contributed by atoms with van der Waals surface area (Å²) in [6.45, 7) is 12.6. The molecule has 2 aromatic carbocycles. The number of carboxylic acid groups (broad SMARTS) is 1. The smallest absolute Gasteiger partial charge is 0.337 e. The summed E-state index contributed by atoms with van der Waals surface area (Å²) in [4.78, 5) is 17.7. The van der Waals surface area contributed by atoms with E-state index in [1.165, 1.54) is 5.57 Å².